The quantitative estimate of drug-likeness (QED) is 0.470. The van der Waals surface area contributed by atoms with Crippen LogP contribution in [0.2, 0.25) is 0 Å². The number of hydrogen-bond donors (Lipinski definition) is 3. The number of rotatable bonds is 7. The molecule has 2 aliphatic carbocycles. The van der Waals surface area contributed by atoms with Gasteiger partial charge in [-0.15, -0.1) is 0 Å². The number of ether oxygens (including phenoxy) is 1. The maximum Gasteiger partial charge on any atom is 0.303 e. The molecular weight excluding hydrogens is 380 g/mol. The SMILES string of the molecule is CCC1C(=CCCC(=O)O)[C@]2(C)CC[C@H](O)[C@@H](C#CC(O)COc3ccccc3)[C@H]12. The number of carboxylic acids is 1. The number of fused-ring (bicyclic) bond motifs is 1. The summed E-state index contributed by atoms with van der Waals surface area (Å²) in [5.74, 6) is 6.29. The number of para-hydroxylation sites is 1. The van der Waals surface area contributed by atoms with Gasteiger partial charge in [0.2, 0.25) is 0 Å². The zero-order chi connectivity index (χ0) is 21.7. The van der Waals surface area contributed by atoms with Crippen molar-refractivity contribution < 1.29 is 24.9 Å². The van der Waals surface area contributed by atoms with E-state index in [4.69, 9.17) is 9.84 Å². The van der Waals surface area contributed by atoms with E-state index in [2.05, 4.69) is 31.8 Å². The Balaban J connectivity index is 1.69. The summed E-state index contributed by atoms with van der Waals surface area (Å²) in [5.41, 5.74) is 1.27. The first kappa shape index (κ1) is 22.4. The van der Waals surface area contributed by atoms with E-state index in [1.165, 1.54) is 5.57 Å². The maximum atomic E-state index is 10.9. The minimum absolute atomic E-state index is 0.0523. The number of hydrogen-bond acceptors (Lipinski definition) is 4. The largest absolute Gasteiger partial charge is 0.490 e. The third-order valence-electron chi connectivity index (χ3n) is 6.72. The van der Waals surface area contributed by atoms with Crippen LogP contribution < -0.4 is 4.74 Å². The Bertz CT molecular complexity index is 821. The average Bonchev–Trinajstić information content (AvgIpc) is 2.73. The second kappa shape index (κ2) is 9.68. The molecule has 0 aromatic heterocycles. The van der Waals surface area contributed by atoms with Gasteiger partial charge in [-0.3, -0.25) is 4.79 Å². The smallest absolute Gasteiger partial charge is 0.303 e. The highest BCUT2D eigenvalue weighted by atomic mass is 16.5. The molecule has 0 heterocycles. The van der Waals surface area contributed by atoms with Gasteiger partial charge in [0.05, 0.1) is 12.0 Å². The lowest BCUT2D eigenvalue weighted by molar-refractivity contribution is -0.136. The lowest BCUT2D eigenvalue weighted by Gasteiger charge is -2.62. The Morgan fingerprint density at radius 1 is 1.37 bits per heavy atom. The van der Waals surface area contributed by atoms with E-state index in [0.717, 1.165) is 12.8 Å². The van der Waals surface area contributed by atoms with Gasteiger partial charge in [0, 0.05) is 6.42 Å². The summed E-state index contributed by atoms with van der Waals surface area (Å²) in [6, 6.07) is 9.30. The van der Waals surface area contributed by atoms with Crippen molar-refractivity contribution in [2.45, 2.75) is 58.2 Å². The van der Waals surface area contributed by atoms with Crippen LogP contribution in [-0.4, -0.2) is 40.1 Å². The van der Waals surface area contributed by atoms with Crippen molar-refractivity contribution in [1.82, 2.24) is 0 Å². The summed E-state index contributed by atoms with van der Waals surface area (Å²) < 4.78 is 5.57. The topological polar surface area (TPSA) is 87.0 Å². The minimum Gasteiger partial charge on any atom is -0.490 e. The van der Waals surface area contributed by atoms with Gasteiger partial charge in [-0.1, -0.05) is 55.5 Å². The molecule has 2 saturated carbocycles. The molecule has 2 unspecified atom stereocenters. The number of aliphatic carboxylic acids is 1. The molecule has 30 heavy (non-hydrogen) atoms. The second-order valence-electron chi connectivity index (χ2n) is 8.61. The van der Waals surface area contributed by atoms with Crippen LogP contribution >= 0.6 is 0 Å². The van der Waals surface area contributed by atoms with E-state index < -0.39 is 18.2 Å². The van der Waals surface area contributed by atoms with Crippen LogP contribution in [-0.2, 0) is 4.79 Å². The molecule has 0 radical (unpaired) electrons. The van der Waals surface area contributed by atoms with Crippen LogP contribution in [0.4, 0.5) is 0 Å². The highest BCUT2D eigenvalue weighted by Crippen LogP contribution is 2.65. The average molecular weight is 413 g/mol. The van der Waals surface area contributed by atoms with Gasteiger partial charge < -0.3 is 20.1 Å². The van der Waals surface area contributed by atoms with Crippen LogP contribution in [0.25, 0.3) is 0 Å². The van der Waals surface area contributed by atoms with E-state index in [0.29, 0.717) is 24.5 Å². The molecule has 6 atom stereocenters. The summed E-state index contributed by atoms with van der Waals surface area (Å²) in [7, 11) is 0. The predicted octanol–water partition coefficient (Wildman–Crippen LogP) is 3.65. The molecule has 0 bridgehead atoms. The van der Waals surface area contributed by atoms with Crippen molar-refractivity contribution in [1.29, 1.82) is 0 Å². The van der Waals surface area contributed by atoms with Gasteiger partial charge >= 0.3 is 5.97 Å². The van der Waals surface area contributed by atoms with E-state index in [-0.39, 0.29) is 30.3 Å². The fourth-order valence-corrected chi connectivity index (χ4v) is 5.30. The first-order valence-electron chi connectivity index (χ1n) is 10.8. The summed E-state index contributed by atoms with van der Waals surface area (Å²) in [6.45, 7) is 4.43. The van der Waals surface area contributed by atoms with Gasteiger partial charge in [-0.25, -0.2) is 0 Å². The zero-order valence-corrected chi connectivity index (χ0v) is 17.8. The molecule has 1 aromatic rings. The molecule has 3 N–H and O–H groups in total. The third-order valence-corrected chi connectivity index (χ3v) is 6.72. The Morgan fingerprint density at radius 2 is 2.10 bits per heavy atom. The van der Waals surface area contributed by atoms with Gasteiger partial charge in [0.15, 0.2) is 0 Å². The Hall–Kier alpha value is -2.29. The van der Waals surface area contributed by atoms with Crippen molar-refractivity contribution in [3.63, 3.8) is 0 Å². The lowest BCUT2D eigenvalue weighted by atomic mass is 9.42. The molecule has 0 amide bonds. The van der Waals surface area contributed by atoms with Crippen LogP contribution in [0.5, 0.6) is 5.75 Å². The molecule has 2 fully saturated rings. The molecule has 162 valence electrons. The summed E-state index contributed by atoms with van der Waals surface area (Å²) >= 11 is 0. The maximum absolute atomic E-state index is 10.9. The van der Waals surface area contributed by atoms with E-state index in [1.807, 2.05) is 30.3 Å². The molecule has 5 nitrogen and oxygen atoms in total. The Labute approximate surface area is 178 Å². The predicted molar refractivity (Wildman–Crippen MR) is 115 cm³/mol. The summed E-state index contributed by atoms with van der Waals surface area (Å²) in [6.07, 6.45) is 3.83. The van der Waals surface area contributed by atoms with Crippen LogP contribution in [0.15, 0.2) is 42.0 Å². The number of allylic oxidation sites excluding steroid dienone is 2. The number of aliphatic hydroxyl groups is 2. The van der Waals surface area contributed by atoms with E-state index >= 15 is 0 Å². The van der Waals surface area contributed by atoms with Gasteiger partial charge in [-0.2, -0.15) is 0 Å². The molecule has 1 aromatic carbocycles. The Morgan fingerprint density at radius 3 is 2.77 bits per heavy atom. The van der Waals surface area contributed by atoms with Crippen molar-refractivity contribution >= 4 is 5.97 Å². The van der Waals surface area contributed by atoms with Gasteiger partial charge in [0.25, 0.3) is 0 Å². The number of benzene rings is 1. The fraction of sp³-hybridized carbons (Fsp3) is 0.560. The van der Waals surface area contributed by atoms with Crippen molar-refractivity contribution in [3.8, 4) is 17.6 Å². The molecule has 5 heteroatoms. The lowest BCUT2D eigenvalue weighted by Crippen LogP contribution is -2.57. The number of carboxylic acid groups (broad SMARTS) is 1. The van der Waals surface area contributed by atoms with E-state index in [1.54, 1.807) is 0 Å². The standard InChI is InChI=1S/C25H32O5/c1-3-19-21(10-7-11-23(28)29)25(2)15-14-22(27)20(24(19)25)13-12-17(26)16-30-18-8-5-4-6-9-18/h4-6,8-10,17,19-20,22,24,26-27H,3,7,11,14-16H2,1-2H3,(H,28,29)/t17?,19?,20-,22+,24+,25+/m1/s1. The highest BCUT2D eigenvalue weighted by Gasteiger charge is 2.59. The molecule has 2 aliphatic rings. The molecule has 0 spiro atoms. The molecular formula is C25H32O5. The van der Waals surface area contributed by atoms with Gasteiger partial charge in [0.1, 0.15) is 18.5 Å². The third kappa shape index (κ3) is 4.71. The van der Waals surface area contributed by atoms with Gasteiger partial charge in [-0.05, 0) is 55.1 Å². The van der Waals surface area contributed by atoms with Crippen molar-refractivity contribution in [3.05, 3.63) is 42.0 Å². The summed E-state index contributed by atoms with van der Waals surface area (Å²) in [5, 5.41) is 29.9. The molecule has 0 aliphatic heterocycles. The number of aliphatic hydroxyl groups excluding tert-OH is 2. The normalized spacial score (nSPS) is 32.3. The molecule has 3 rings (SSSR count). The van der Waals surface area contributed by atoms with E-state index in [9.17, 15) is 15.0 Å². The summed E-state index contributed by atoms with van der Waals surface area (Å²) in [4.78, 5) is 10.9. The minimum atomic E-state index is -0.920. The Kier molecular flexibility index (Phi) is 7.23. The van der Waals surface area contributed by atoms with Crippen molar-refractivity contribution in [2.24, 2.45) is 23.2 Å². The van der Waals surface area contributed by atoms with Crippen LogP contribution in [0.3, 0.4) is 0 Å². The second-order valence-corrected chi connectivity index (χ2v) is 8.61. The highest BCUT2D eigenvalue weighted by molar-refractivity contribution is 5.66. The monoisotopic (exact) mass is 412 g/mol. The number of carbonyl (C=O) groups is 1. The van der Waals surface area contributed by atoms with Crippen LogP contribution in [0, 0.1) is 35.0 Å². The van der Waals surface area contributed by atoms with Crippen LogP contribution in [0.1, 0.15) is 46.0 Å². The first-order chi connectivity index (χ1) is 14.4. The molecule has 0 saturated heterocycles. The first-order valence-corrected chi connectivity index (χ1v) is 10.8. The van der Waals surface area contributed by atoms with Crippen molar-refractivity contribution in [2.75, 3.05) is 6.61 Å². The fourth-order valence-electron chi connectivity index (χ4n) is 5.30. The zero-order valence-electron chi connectivity index (χ0n) is 17.8.